The van der Waals surface area contributed by atoms with Crippen LogP contribution in [-0.4, -0.2) is 56.9 Å². The number of aryl methyl sites for hydroxylation is 1. The zero-order chi connectivity index (χ0) is 32.2. The summed E-state index contributed by atoms with van der Waals surface area (Å²) in [7, 11) is 3.27. The summed E-state index contributed by atoms with van der Waals surface area (Å²) < 4.78 is 10.6. The van der Waals surface area contributed by atoms with Gasteiger partial charge >= 0.3 is 0 Å². The minimum atomic E-state index is -1.11. The van der Waals surface area contributed by atoms with Crippen LogP contribution in [0.4, 0.5) is 0 Å². The van der Waals surface area contributed by atoms with E-state index in [1.807, 2.05) is 92.7 Å². The van der Waals surface area contributed by atoms with E-state index in [1.54, 1.807) is 32.4 Å². The predicted octanol–water partition coefficient (Wildman–Crippen LogP) is 4.82. The minimum Gasteiger partial charge on any atom is -0.497 e. The fourth-order valence-corrected chi connectivity index (χ4v) is 5.24. The van der Waals surface area contributed by atoms with E-state index in [4.69, 9.17) is 9.47 Å². The van der Waals surface area contributed by atoms with Gasteiger partial charge in [0.2, 0.25) is 0 Å². The van der Waals surface area contributed by atoms with Crippen molar-refractivity contribution in [2.24, 2.45) is 0 Å². The number of methoxy groups -OCH3 is 2. The summed E-state index contributed by atoms with van der Waals surface area (Å²) in [4.78, 5) is 26.8. The first-order chi connectivity index (χ1) is 21.7. The number of carbonyl (C=O) groups is 2. The molecule has 45 heavy (non-hydrogen) atoms. The number of benzene rings is 4. The van der Waals surface area contributed by atoms with Crippen LogP contribution in [0.1, 0.15) is 49.9 Å². The number of nitrogens with one attached hydrogen (secondary N) is 3. The molecule has 0 aliphatic heterocycles. The van der Waals surface area contributed by atoms with Crippen molar-refractivity contribution >= 4 is 11.8 Å². The predicted molar refractivity (Wildman–Crippen MR) is 177 cm³/mol. The third kappa shape index (κ3) is 9.17. The number of aliphatic hydroxyl groups is 1. The largest absolute Gasteiger partial charge is 0.497 e. The first-order valence-electron chi connectivity index (χ1n) is 15.1. The van der Waals surface area contributed by atoms with E-state index in [0.717, 1.165) is 40.2 Å². The molecule has 0 saturated heterocycles. The minimum absolute atomic E-state index is 0.254. The Balaban J connectivity index is 1.42. The molecule has 0 saturated carbocycles. The van der Waals surface area contributed by atoms with E-state index in [-0.39, 0.29) is 18.4 Å². The Morgan fingerprint density at radius 1 is 0.756 bits per heavy atom. The van der Waals surface area contributed by atoms with Crippen LogP contribution >= 0.6 is 0 Å². The Labute approximate surface area is 265 Å². The Hall–Kier alpha value is -4.66. The average molecular weight is 610 g/mol. The van der Waals surface area contributed by atoms with Gasteiger partial charge in [-0.25, -0.2) is 0 Å². The number of hydrogen-bond donors (Lipinski definition) is 4. The zero-order valence-electron chi connectivity index (χ0n) is 26.4. The van der Waals surface area contributed by atoms with Crippen LogP contribution in [0.25, 0.3) is 0 Å². The monoisotopic (exact) mass is 609 g/mol. The molecule has 0 bridgehead atoms. The van der Waals surface area contributed by atoms with Crippen LogP contribution in [0.5, 0.6) is 11.5 Å². The van der Waals surface area contributed by atoms with Crippen molar-refractivity contribution in [1.82, 2.24) is 16.0 Å². The maximum atomic E-state index is 13.7. The molecule has 4 aromatic carbocycles. The highest BCUT2D eigenvalue weighted by Gasteiger charge is 2.36. The van der Waals surface area contributed by atoms with E-state index in [1.165, 1.54) is 0 Å². The molecule has 0 aliphatic rings. The van der Waals surface area contributed by atoms with Gasteiger partial charge in [0, 0.05) is 24.2 Å². The summed E-state index contributed by atoms with van der Waals surface area (Å²) in [6.07, 6.45) is 0.452. The summed E-state index contributed by atoms with van der Waals surface area (Å²) >= 11 is 0. The molecule has 8 heteroatoms. The molecule has 0 aliphatic carbocycles. The maximum Gasteiger partial charge on any atom is 0.252 e. The first kappa shape index (κ1) is 33.2. The SMILES string of the molecule is COc1cccc(CCNC[C@@H](O)[C@@](C)(NC(=O)c2cc(C)cc(C(=O)NCCc3cccc(OC)c3)c2)c2ccccc2)c1. The van der Waals surface area contributed by atoms with Gasteiger partial charge in [0.25, 0.3) is 11.8 Å². The number of amides is 2. The molecular weight excluding hydrogens is 566 g/mol. The lowest BCUT2D eigenvalue weighted by Gasteiger charge is -2.36. The molecule has 0 unspecified atom stereocenters. The molecule has 0 spiro atoms. The molecule has 2 amide bonds. The maximum absolute atomic E-state index is 13.7. The number of rotatable bonds is 15. The standard InChI is InChI=1S/C37H43N3O5/c1-26-20-29(35(42)39-19-17-28-11-9-15-33(23-28)45-4)24-30(21-26)36(43)40-37(2,31-12-6-5-7-13-31)34(41)25-38-18-16-27-10-8-14-32(22-27)44-3/h5-15,20-24,34,38,41H,16-19,25H2,1-4H3,(H,39,42)(H,40,43)/t34-,37+/m1/s1. The van der Waals surface area contributed by atoms with Crippen molar-refractivity contribution in [3.05, 3.63) is 130 Å². The number of hydrogen-bond acceptors (Lipinski definition) is 6. The van der Waals surface area contributed by atoms with Crippen molar-refractivity contribution in [3.63, 3.8) is 0 Å². The summed E-state index contributed by atoms with van der Waals surface area (Å²) in [5.74, 6) is 0.925. The van der Waals surface area contributed by atoms with Crippen LogP contribution in [0, 0.1) is 6.92 Å². The van der Waals surface area contributed by atoms with Crippen LogP contribution < -0.4 is 25.4 Å². The second kappa shape index (κ2) is 15.9. The van der Waals surface area contributed by atoms with Crippen LogP contribution in [0.15, 0.2) is 97.1 Å². The summed E-state index contributed by atoms with van der Waals surface area (Å²) in [5, 5.41) is 20.8. The molecule has 0 fully saturated rings. The van der Waals surface area contributed by atoms with Gasteiger partial charge in [-0.15, -0.1) is 0 Å². The highest BCUT2D eigenvalue weighted by Crippen LogP contribution is 2.26. The lowest BCUT2D eigenvalue weighted by Crippen LogP contribution is -2.55. The lowest BCUT2D eigenvalue weighted by atomic mass is 9.85. The summed E-state index contributed by atoms with van der Waals surface area (Å²) in [6, 6.07) is 30.1. The van der Waals surface area contributed by atoms with E-state index >= 15 is 0 Å². The Kier molecular flexibility index (Phi) is 11.7. The van der Waals surface area contributed by atoms with Crippen molar-refractivity contribution in [3.8, 4) is 11.5 Å². The first-order valence-corrected chi connectivity index (χ1v) is 15.1. The van der Waals surface area contributed by atoms with Crippen LogP contribution in [-0.2, 0) is 18.4 Å². The molecule has 2 atom stereocenters. The van der Waals surface area contributed by atoms with Gasteiger partial charge in [0.15, 0.2) is 0 Å². The van der Waals surface area contributed by atoms with Crippen LogP contribution in [0.2, 0.25) is 0 Å². The topological polar surface area (TPSA) is 109 Å². The third-order valence-electron chi connectivity index (χ3n) is 7.91. The smallest absolute Gasteiger partial charge is 0.252 e. The fourth-order valence-electron chi connectivity index (χ4n) is 5.24. The second-order valence-electron chi connectivity index (χ2n) is 11.3. The van der Waals surface area contributed by atoms with E-state index in [9.17, 15) is 14.7 Å². The Morgan fingerprint density at radius 2 is 1.33 bits per heavy atom. The van der Waals surface area contributed by atoms with E-state index < -0.39 is 11.6 Å². The molecule has 8 nitrogen and oxygen atoms in total. The van der Waals surface area contributed by atoms with Crippen molar-refractivity contribution in [1.29, 1.82) is 0 Å². The molecule has 236 valence electrons. The van der Waals surface area contributed by atoms with Gasteiger partial charge in [0.1, 0.15) is 11.5 Å². The van der Waals surface area contributed by atoms with Crippen molar-refractivity contribution in [2.75, 3.05) is 33.9 Å². The number of aliphatic hydroxyl groups excluding tert-OH is 1. The normalized spacial score (nSPS) is 12.9. The van der Waals surface area contributed by atoms with Crippen molar-refractivity contribution < 1.29 is 24.2 Å². The summed E-state index contributed by atoms with van der Waals surface area (Å²) in [5.41, 5.74) is 3.35. The third-order valence-corrected chi connectivity index (χ3v) is 7.91. The van der Waals surface area contributed by atoms with Gasteiger partial charge < -0.3 is 30.5 Å². The molecular formula is C37H43N3O5. The van der Waals surface area contributed by atoms with Gasteiger partial charge in [-0.1, -0.05) is 54.6 Å². The van der Waals surface area contributed by atoms with Gasteiger partial charge in [-0.2, -0.15) is 0 Å². The second-order valence-corrected chi connectivity index (χ2v) is 11.3. The van der Waals surface area contributed by atoms with Crippen molar-refractivity contribution in [2.45, 2.75) is 38.3 Å². The molecule has 0 radical (unpaired) electrons. The van der Waals surface area contributed by atoms with Crippen LogP contribution in [0.3, 0.4) is 0 Å². The number of carbonyl (C=O) groups excluding carboxylic acids is 2. The molecule has 4 aromatic rings. The van der Waals surface area contributed by atoms with Gasteiger partial charge in [0.05, 0.1) is 25.9 Å². The van der Waals surface area contributed by atoms with E-state index in [0.29, 0.717) is 30.6 Å². The van der Waals surface area contributed by atoms with Gasteiger partial charge in [-0.05, 0) is 98.0 Å². The quantitative estimate of drug-likeness (QED) is 0.144. The Bertz CT molecular complexity index is 1580. The number of ether oxygens (including phenoxy) is 2. The Morgan fingerprint density at radius 3 is 1.93 bits per heavy atom. The van der Waals surface area contributed by atoms with E-state index in [2.05, 4.69) is 16.0 Å². The highest BCUT2D eigenvalue weighted by atomic mass is 16.5. The average Bonchev–Trinajstić information content (AvgIpc) is 3.06. The fraction of sp³-hybridized carbons (Fsp3) is 0.297. The highest BCUT2D eigenvalue weighted by molar-refractivity contribution is 6.00. The lowest BCUT2D eigenvalue weighted by molar-refractivity contribution is 0.0557. The molecule has 4 N–H and O–H groups in total. The van der Waals surface area contributed by atoms with Gasteiger partial charge in [-0.3, -0.25) is 9.59 Å². The molecule has 0 aromatic heterocycles. The molecule has 0 heterocycles. The zero-order valence-corrected chi connectivity index (χ0v) is 26.4. The molecule has 4 rings (SSSR count). The summed E-state index contributed by atoms with van der Waals surface area (Å²) in [6.45, 7) is 4.99.